The van der Waals surface area contributed by atoms with Gasteiger partial charge in [-0.25, -0.2) is 0 Å². The van der Waals surface area contributed by atoms with E-state index in [0.717, 1.165) is 41.8 Å². The molecular formula is C18H23ClN4OS2. The van der Waals surface area contributed by atoms with Crippen LogP contribution in [-0.2, 0) is 11.3 Å². The number of thioether (sulfide) groups is 1. The molecule has 2 aromatic rings. The van der Waals surface area contributed by atoms with Gasteiger partial charge in [-0.15, -0.1) is 10.2 Å². The van der Waals surface area contributed by atoms with E-state index in [2.05, 4.69) is 40.3 Å². The average Bonchev–Trinajstić information content (AvgIpc) is 3.01. The second kappa shape index (κ2) is 9.17. The second-order valence-electron chi connectivity index (χ2n) is 6.71. The van der Waals surface area contributed by atoms with E-state index < -0.39 is 0 Å². The number of likely N-dealkylation sites (tertiary alicyclic amines) is 1. The van der Waals surface area contributed by atoms with E-state index >= 15 is 0 Å². The molecule has 1 aromatic carbocycles. The number of carbonyl (C=O) groups is 1. The summed E-state index contributed by atoms with van der Waals surface area (Å²) in [7, 11) is 0. The first-order valence-corrected chi connectivity index (χ1v) is 10.8. The first-order chi connectivity index (χ1) is 12.5. The van der Waals surface area contributed by atoms with Crippen molar-refractivity contribution in [3.8, 4) is 0 Å². The van der Waals surface area contributed by atoms with Gasteiger partial charge in [-0.05, 0) is 43.6 Å². The van der Waals surface area contributed by atoms with Gasteiger partial charge in [0.2, 0.25) is 11.0 Å². The topological polar surface area (TPSA) is 58.1 Å². The molecule has 0 bridgehead atoms. The summed E-state index contributed by atoms with van der Waals surface area (Å²) in [6.07, 6.45) is 1.72. The summed E-state index contributed by atoms with van der Waals surface area (Å²) in [6.45, 7) is 6.93. The van der Waals surface area contributed by atoms with Crippen molar-refractivity contribution >= 4 is 45.7 Å². The molecule has 1 N–H and O–H groups in total. The van der Waals surface area contributed by atoms with Gasteiger partial charge in [0.15, 0.2) is 4.34 Å². The van der Waals surface area contributed by atoms with E-state index in [1.807, 2.05) is 18.2 Å². The Kier molecular flexibility index (Phi) is 6.92. The summed E-state index contributed by atoms with van der Waals surface area (Å²) in [4.78, 5) is 14.9. The highest BCUT2D eigenvalue weighted by Crippen LogP contribution is 2.29. The van der Waals surface area contributed by atoms with Crippen LogP contribution in [0.2, 0.25) is 5.02 Å². The quantitative estimate of drug-likeness (QED) is 0.559. The Hall–Kier alpha value is -1.15. The van der Waals surface area contributed by atoms with Crippen molar-refractivity contribution in [2.75, 3.05) is 18.4 Å². The Morgan fingerprint density at radius 2 is 2.15 bits per heavy atom. The van der Waals surface area contributed by atoms with Crippen molar-refractivity contribution in [2.24, 2.45) is 5.92 Å². The third kappa shape index (κ3) is 5.67. The molecule has 26 heavy (non-hydrogen) atoms. The van der Waals surface area contributed by atoms with Crippen molar-refractivity contribution < 1.29 is 4.79 Å². The fourth-order valence-corrected chi connectivity index (χ4v) is 5.15. The summed E-state index contributed by atoms with van der Waals surface area (Å²) in [5.41, 5.74) is 1.21. The lowest BCUT2D eigenvalue weighted by Crippen LogP contribution is -2.37. The molecule has 8 heteroatoms. The zero-order valence-corrected chi connectivity index (χ0v) is 17.3. The fraction of sp³-hybridized carbons (Fsp3) is 0.500. The van der Waals surface area contributed by atoms with Crippen molar-refractivity contribution in [1.82, 2.24) is 15.1 Å². The number of anilines is 1. The maximum Gasteiger partial charge on any atom is 0.229 e. The Bertz CT molecular complexity index is 744. The van der Waals surface area contributed by atoms with Gasteiger partial charge >= 0.3 is 0 Å². The molecule has 5 nitrogen and oxygen atoms in total. The van der Waals surface area contributed by atoms with Gasteiger partial charge < -0.3 is 5.32 Å². The predicted molar refractivity (Wildman–Crippen MR) is 109 cm³/mol. The predicted octanol–water partition coefficient (Wildman–Crippen LogP) is 4.54. The first kappa shape index (κ1) is 19.6. The van der Waals surface area contributed by atoms with Crippen LogP contribution in [0.5, 0.6) is 0 Å². The van der Waals surface area contributed by atoms with Gasteiger partial charge in [0, 0.05) is 22.7 Å². The molecule has 3 rings (SSSR count). The van der Waals surface area contributed by atoms with Crippen LogP contribution in [-0.4, -0.2) is 39.3 Å². The molecule has 0 aliphatic carbocycles. The highest BCUT2D eigenvalue weighted by Gasteiger charge is 2.25. The number of rotatable bonds is 6. The summed E-state index contributed by atoms with van der Waals surface area (Å²) in [5, 5.41) is 12.9. The van der Waals surface area contributed by atoms with Crippen LogP contribution in [0.15, 0.2) is 28.6 Å². The minimum absolute atomic E-state index is 0.0377. The lowest BCUT2D eigenvalue weighted by molar-refractivity contribution is -0.121. The van der Waals surface area contributed by atoms with Crippen LogP contribution >= 0.6 is 34.7 Å². The van der Waals surface area contributed by atoms with E-state index in [4.69, 9.17) is 11.6 Å². The van der Waals surface area contributed by atoms with Crippen molar-refractivity contribution in [3.05, 3.63) is 34.9 Å². The van der Waals surface area contributed by atoms with E-state index in [0.29, 0.717) is 10.4 Å². The smallest absolute Gasteiger partial charge is 0.229 e. The summed E-state index contributed by atoms with van der Waals surface area (Å²) < 4.78 is 0.895. The SMILES string of the molecule is CC(C)Sc1nnc(NC(=O)C2CCN(Cc3cccc(Cl)c3)CC2)s1. The zero-order chi connectivity index (χ0) is 18.5. The van der Waals surface area contributed by atoms with Gasteiger partial charge in [-0.3, -0.25) is 9.69 Å². The molecule has 1 fully saturated rings. The molecule has 1 amide bonds. The van der Waals surface area contributed by atoms with Crippen molar-refractivity contribution in [2.45, 2.75) is 42.8 Å². The average molecular weight is 411 g/mol. The number of hydrogen-bond donors (Lipinski definition) is 1. The Labute approximate surface area is 167 Å². The number of hydrogen-bond acceptors (Lipinski definition) is 6. The van der Waals surface area contributed by atoms with Gasteiger partial charge in [0.25, 0.3) is 0 Å². The Balaban J connectivity index is 1.46. The van der Waals surface area contributed by atoms with E-state index in [-0.39, 0.29) is 11.8 Å². The van der Waals surface area contributed by atoms with Gasteiger partial charge in [-0.1, -0.05) is 60.7 Å². The molecule has 1 aliphatic rings. The van der Waals surface area contributed by atoms with Crippen LogP contribution in [0, 0.1) is 5.92 Å². The lowest BCUT2D eigenvalue weighted by atomic mass is 9.95. The highest BCUT2D eigenvalue weighted by atomic mass is 35.5. The normalized spacial score (nSPS) is 16.2. The molecule has 1 saturated heterocycles. The molecule has 0 spiro atoms. The molecule has 0 unspecified atom stereocenters. The standard InChI is InChI=1S/C18H23ClN4OS2/c1-12(2)25-18-22-21-17(26-18)20-16(24)14-6-8-23(9-7-14)11-13-4-3-5-15(19)10-13/h3-5,10,12,14H,6-9,11H2,1-2H3,(H,20,21,24). The maximum absolute atomic E-state index is 12.5. The number of piperidine rings is 1. The first-order valence-electron chi connectivity index (χ1n) is 8.77. The fourth-order valence-electron chi connectivity index (χ4n) is 2.96. The van der Waals surface area contributed by atoms with Crippen LogP contribution in [0.25, 0.3) is 0 Å². The van der Waals surface area contributed by atoms with E-state index in [1.165, 1.54) is 16.9 Å². The molecule has 0 saturated carbocycles. The number of nitrogens with zero attached hydrogens (tertiary/aromatic N) is 3. The molecule has 2 heterocycles. The monoisotopic (exact) mass is 410 g/mol. The Morgan fingerprint density at radius 3 is 2.85 bits per heavy atom. The van der Waals surface area contributed by atoms with E-state index in [1.54, 1.807) is 11.8 Å². The van der Waals surface area contributed by atoms with Crippen LogP contribution in [0.4, 0.5) is 5.13 Å². The summed E-state index contributed by atoms with van der Waals surface area (Å²) in [5.74, 6) is 0.0976. The zero-order valence-electron chi connectivity index (χ0n) is 14.9. The number of halogens is 1. The van der Waals surface area contributed by atoms with Crippen molar-refractivity contribution in [3.63, 3.8) is 0 Å². The van der Waals surface area contributed by atoms with Crippen molar-refractivity contribution in [1.29, 1.82) is 0 Å². The molecular weight excluding hydrogens is 388 g/mol. The Morgan fingerprint density at radius 1 is 1.38 bits per heavy atom. The maximum atomic E-state index is 12.5. The minimum atomic E-state index is 0.0377. The lowest BCUT2D eigenvalue weighted by Gasteiger charge is -2.31. The summed E-state index contributed by atoms with van der Waals surface area (Å²) >= 11 is 9.16. The number of carbonyl (C=O) groups excluding carboxylic acids is 1. The molecule has 1 aliphatic heterocycles. The number of aromatic nitrogens is 2. The van der Waals surface area contributed by atoms with Crippen LogP contribution in [0.1, 0.15) is 32.3 Å². The van der Waals surface area contributed by atoms with Gasteiger partial charge in [-0.2, -0.15) is 0 Å². The third-order valence-corrected chi connectivity index (χ3v) is 6.39. The highest BCUT2D eigenvalue weighted by molar-refractivity contribution is 8.01. The van der Waals surface area contributed by atoms with Crippen LogP contribution < -0.4 is 5.32 Å². The second-order valence-corrected chi connectivity index (χ2v) is 9.95. The van der Waals surface area contributed by atoms with Gasteiger partial charge in [0.05, 0.1) is 0 Å². The summed E-state index contributed by atoms with van der Waals surface area (Å²) in [6, 6.07) is 7.96. The minimum Gasteiger partial charge on any atom is -0.300 e. The van der Waals surface area contributed by atoms with Gasteiger partial charge in [0.1, 0.15) is 0 Å². The molecule has 140 valence electrons. The molecule has 1 aromatic heterocycles. The molecule has 0 radical (unpaired) electrons. The third-order valence-electron chi connectivity index (χ3n) is 4.23. The van der Waals surface area contributed by atoms with E-state index in [9.17, 15) is 4.79 Å². The number of amides is 1. The molecule has 0 atom stereocenters. The number of benzene rings is 1. The largest absolute Gasteiger partial charge is 0.300 e. The number of nitrogens with one attached hydrogen (secondary N) is 1. The van der Waals surface area contributed by atoms with Crippen LogP contribution in [0.3, 0.4) is 0 Å².